The van der Waals surface area contributed by atoms with Crippen LogP contribution in [-0.4, -0.2) is 10.7 Å². The first-order chi connectivity index (χ1) is 8.89. The fourth-order valence-corrected chi connectivity index (χ4v) is 3.14. The van der Waals surface area contributed by atoms with E-state index in [1.807, 2.05) is 0 Å². The van der Waals surface area contributed by atoms with E-state index >= 15 is 0 Å². The molecule has 1 aliphatic carbocycles. The molecule has 1 aliphatic rings. The molecule has 0 aromatic heterocycles. The summed E-state index contributed by atoms with van der Waals surface area (Å²) < 4.78 is 26.1. The van der Waals surface area contributed by atoms with Crippen molar-refractivity contribution in [2.75, 3.05) is 0 Å². The van der Waals surface area contributed by atoms with Crippen LogP contribution in [0.25, 0.3) is 0 Å². The van der Waals surface area contributed by atoms with Crippen molar-refractivity contribution in [3.05, 3.63) is 35.4 Å². The van der Waals surface area contributed by atoms with Crippen molar-refractivity contribution in [1.29, 1.82) is 0 Å². The van der Waals surface area contributed by atoms with Crippen LogP contribution in [0.15, 0.2) is 18.2 Å². The Labute approximate surface area is 113 Å². The molecule has 1 saturated carbocycles. The third-order valence-electron chi connectivity index (χ3n) is 4.32. The van der Waals surface area contributed by atoms with Crippen molar-refractivity contribution in [2.24, 2.45) is 11.8 Å². The number of rotatable bonds is 3. The first-order valence-electron chi connectivity index (χ1n) is 7.06. The third-order valence-corrected chi connectivity index (χ3v) is 4.32. The van der Waals surface area contributed by atoms with Crippen LogP contribution in [0.5, 0.6) is 0 Å². The van der Waals surface area contributed by atoms with Crippen LogP contribution in [-0.2, 0) is 6.42 Å². The molecule has 2 rings (SSSR count). The van der Waals surface area contributed by atoms with E-state index in [-0.39, 0.29) is 0 Å². The predicted octanol–water partition coefficient (Wildman–Crippen LogP) is 4.08. The summed E-state index contributed by atoms with van der Waals surface area (Å²) in [6.45, 7) is 4.35. The molecule has 1 nitrogen and oxygen atoms in total. The Balaban J connectivity index is 2.09. The Kier molecular flexibility index (Phi) is 4.24. The summed E-state index contributed by atoms with van der Waals surface area (Å²) in [5.41, 5.74) is -0.0944. The molecule has 0 aliphatic heterocycles. The van der Waals surface area contributed by atoms with Crippen LogP contribution in [0.1, 0.15) is 45.1 Å². The molecule has 19 heavy (non-hydrogen) atoms. The minimum atomic E-state index is -0.836. The van der Waals surface area contributed by atoms with Crippen molar-refractivity contribution < 1.29 is 13.9 Å². The standard InChI is InChI=1S/C16H22F2O/c1-11(2)13-4-3-7-16(19,10-13)9-12-5-6-14(17)15(18)8-12/h5-6,8,11,13,19H,3-4,7,9-10H2,1-2H3. The minimum Gasteiger partial charge on any atom is -0.390 e. The highest BCUT2D eigenvalue weighted by atomic mass is 19.2. The highest BCUT2D eigenvalue weighted by Gasteiger charge is 2.35. The second-order valence-corrected chi connectivity index (χ2v) is 6.25. The molecule has 3 heteroatoms. The van der Waals surface area contributed by atoms with Gasteiger partial charge in [-0.2, -0.15) is 0 Å². The largest absolute Gasteiger partial charge is 0.390 e. The highest BCUT2D eigenvalue weighted by Crippen LogP contribution is 2.38. The molecule has 106 valence electrons. The lowest BCUT2D eigenvalue weighted by Gasteiger charge is -2.38. The van der Waals surface area contributed by atoms with Crippen LogP contribution in [0.3, 0.4) is 0 Å². The van der Waals surface area contributed by atoms with Crippen LogP contribution >= 0.6 is 0 Å². The first-order valence-corrected chi connectivity index (χ1v) is 7.06. The molecule has 0 spiro atoms. The molecular weight excluding hydrogens is 246 g/mol. The summed E-state index contributed by atoms with van der Waals surface area (Å²) in [5.74, 6) is -0.599. The Morgan fingerprint density at radius 1 is 1.32 bits per heavy atom. The maximum absolute atomic E-state index is 13.2. The first kappa shape index (κ1) is 14.4. The predicted molar refractivity (Wildman–Crippen MR) is 71.8 cm³/mol. The van der Waals surface area contributed by atoms with Gasteiger partial charge < -0.3 is 5.11 Å². The lowest BCUT2D eigenvalue weighted by Crippen LogP contribution is -2.38. The molecule has 0 bridgehead atoms. The normalized spacial score (nSPS) is 27.8. The Morgan fingerprint density at radius 2 is 2.05 bits per heavy atom. The highest BCUT2D eigenvalue weighted by molar-refractivity contribution is 5.20. The van der Waals surface area contributed by atoms with E-state index in [9.17, 15) is 13.9 Å². The number of halogens is 2. The Morgan fingerprint density at radius 3 is 2.68 bits per heavy atom. The molecule has 1 fully saturated rings. The molecule has 0 heterocycles. The van der Waals surface area contributed by atoms with Gasteiger partial charge in [0.1, 0.15) is 0 Å². The molecule has 0 saturated heterocycles. The van der Waals surface area contributed by atoms with Gasteiger partial charge in [-0.3, -0.25) is 0 Å². The van der Waals surface area contributed by atoms with E-state index < -0.39 is 17.2 Å². The minimum absolute atomic E-state index is 0.410. The van der Waals surface area contributed by atoms with Gasteiger partial charge in [0, 0.05) is 6.42 Å². The van der Waals surface area contributed by atoms with E-state index in [1.165, 1.54) is 6.07 Å². The summed E-state index contributed by atoms with van der Waals surface area (Å²) in [6, 6.07) is 3.90. The van der Waals surface area contributed by atoms with Crippen molar-refractivity contribution >= 4 is 0 Å². The van der Waals surface area contributed by atoms with Crippen LogP contribution in [0, 0.1) is 23.5 Å². The van der Waals surface area contributed by atoms with Crippen LogP contribution in [0.4, 0.5) is 8.78 Å². The quantitative estimate of drug-likeness (QED) is 0.875. The zero-order valence-electron chi connectivity index (χ0n) is 11.6. The molecule has 1 N–H and O–H groups in total. The van der Waals surface area contributed by atoms with Gasteiger partial charge >= 0.3 is 0 Å². The second kappa shape index (κ2) is 5.58. The van der Waals surface area contributed by atoms with E-state index in [2.05, 4.69) is 13.8 Å². The van der Waals surface area contributed by atoms with Gasteiger partial charge in [-0.1, -0.05) is 26.3 Å². The molecule has 2 atom stereocenters. The summed E-state index contributed by atoms with van der Waals surface area (Å²) in [6.07, 6.45) is 4.06. The SMILES string of the molecule is CC(C)C1CCCC(O)(Cc2ccc(F)c(F)c2)C1. The third kappa shape index (κ3) is 3.53. The number of hydrogen-bond acceptors (Lipinski definition) is 1. The van der Waals surface area contributed by atoms with E-state index in [0.29, 0.717) is 23.8 Å². The maximum atomic E-state index is 13.2. The van der Waals surface area contributed by atoms with Crippen LogP contribution < -0.4 is 0 Å². The van der Waals surface area contributed by atoms with Gasteiger partial charge in [0.05, 0.1) is 5.60 Å². The van der Waals surface area contributed by atoms with Crippen LogP contribution in [0.2, 0.25) is 0 Å². The molecule has 0 amide bonds. The molecule has 1 aromatic rings. The van der Waals surface area contributed by atoms with Gasteiger partial charge in [-0.25, -0.2) is 8.78 Å². The fraction of sp³-hybridized carbons (Fsp3) is 0.625. The molecular formula is C16H22F2O. The van der Waals surface area contributed by atoms with Gasteiger partial charge in [0.2, 0.25) is 0 Å². The zero-order valence-corrected chi connectivity index (χ0v) is 11.6. The summed E-state index contributed by atoms with van der Waals surface area (Å²) in [4.78, 5) is 0. The maximum Gasteiger partial charge on any atom is 0.159 e. The topological polar surface area (TPSA) is 20.2 Å². The van der Waals surface area contributed by atoms with E-state index in [1.54, 1.807) is 6.07 Å². The smallest absolute Gasteiger partial charge is 0.159 e. The van der Waals surface area contributed by atoms with E-state index in [4.69, 9.17) is 0 Å². The Hall–Kier alpha value is -0.960. The van der Waals surface area contributed by atoms with Crippen molar-refractivity contribution in [2.45, 2.75) is 51.6 Å². The number of aliphatic hydroxyl groups is 1. The summed E-state index contributed by atoms with van der Waals surface area (Å²) in [7, 11) is 0. The fourth-order valence-electron chi connectivity index (χ4n) is 3.14. The second-order valence-electron chi connectivity index (χ2n) is 6.25. The van der Waals surface area contributed by atoms with Gasteiger partial charge in [-0.05, 0) is 48.8 Å². The van der Waals surface area contributed by atoms with Gasteiger partial charge in [-0.15, -0.1) is 0 Å². The average molecular weight is 268 g/mol. The van der Waals surface area contributed by atoms with Crippen molar-refractivity contribution in [1.82, 2.24) is 0 Å². The van der Waals surface area contributed by atoms with Crippen molar-refractivity contribution in [3.63, 3.8) is 0 Å². The molecule has 2 unspecified atom stereocenters. The van der Waals surface area contributed by atoms with Gasteiger partial charge in [0.25, 0.3) is 0 Å². The Bertz CT molecular complexity index is 444. The lowest BCUT2D eigenvalue weighted by molar-refractivity contribution is -0.0240. The summed E-state index contributed by atoms with van der Waals surface area (Å²) >= 11 is 0. The van der Waals surface area contributed by atoms with Crippen molar-refractivity contribution in [3.8, 4) is 0 Å². The summed E-state index contributed by atoms with van der Waals surface area (Å²) in [5, 5.41) is 10.7. The molecule has 0 radical (unpaired) electrons. The molecule has 1 aromatic carbocycles. The lowest BCUT2D eigenvalue weighted by atomic mass is 9.71. The monoisotopic (exact) mass is 268 g/mol. The number of benzene rings is 1. The van der Waals surface area contributed by atoms with Gasteiger partial charge in [0.15, 0.2) is 11.6 Å². The average Bonchev–Trinajstić information content (AvgIpc) is 2.33. The number of hydrogen-bond donors (Lipinski definition) is 1. The van der Waals surface area contributed by atoms with E-state index in [0.717, 1.165) is 31.7 Å². The zero-order chi connectivity index (χ0) is 14.0.